The van der Waals surface area contributed by atoms with E-state index >= 15 is 0 Å². The number of aryl methyl sites for hydroxylation is 1. The number of anilines is 1. The standard InChI is InChI=1S/C17H25ClN2/c1-3-16-8-13(10-18)9-17(19-16)20(2)11-15-7-12-4-5-14(15)6-12/h8-9,12,14-15H,3-7,10-11H2,1-2H3. The van der Waals surface area contributed by atoms with Gasteiger partial charge in [0, 0.05) is 25.2 Å². The molecule has 2 aliphatic carbocycles. The third-order valence-electron chi connectivity index (χ3n) is 5.23. The normalized spacial score (nSPS) is 28.1. The Hall–Kier alpha value is -0.760. The third-order valence-corrected chi connectivity index (χ3v) is 5.53. The average molecular weight is 293 g/mol. The maximum Gasteiger partial charge on any atom is 0.128 e. The fraction of sp³-hybridized carbons (Fsp3) is 0.706. The zero-order valence-corrected chi connectivity index (χ0v) is 13.4. The Morgan fingerprint density at radius 1 is 1.30 bits per heavy atom. The summed E-state index contributed by atoms with van der Waals surface area (Å²) in [4.78, 5) is 7.12. The van der Waals surface area contributed by atoms with Crippen LogP contribution in [-0.2, 0) is 12.3 Å². The van der Waals surface area contributed by atoms with Gasteiger partial charge in [-0.2, -0.15) is 0 Å². The van der Waals surface area contributed by atoms with Crippen LogP contribution >= 0.6 is 11.6 Å². The van der Waals surface area contributed by atoms with Crippen LogP contribution in [0.1, 0.15) is 43.9 Å². The van der Waals surface area contributed by atoms with Gasteiger partial charge >= 0.3 is 0 Å². The molecule has 0 saturated heterocycles. The van der Waals surface area contributed by atoms with Gasteiger partial charge in [0.05, 0.1) is 0 Å². The molecule has 2 aliphatic rings. The highest BCUT2D eigenvalue weighted by molar-refractivity contribution is 6.17. The first kappa shape index (κ1) is 14.2. The number of halogens is 1. The number of hydrogen-bond donors (Lipinski definition) is 0. The van der Waals surface area contributed by atoms with Gasteiger partial charge in [-0.1, -0.05) is 13.3 Å². The quantitative estimate of drug-likeness (QED) is 0.754. The topological polar surface area (TPSA) is 16.1 Å². The number of pyridine rings is 1. The maximum atomic E-state index is 6.01. The third kappa shape index (κ3) is 2.81. The van der Waals surface area contributed by atoms with E-state index in [1.165, 1.54) is 31.2 Å². The molecule has 2 saturated carbocycles. The van der Waals surface area contributed by atoms with Gasteiger partial charge in [0.15, 0.2) is 0 Å². The molecule has 20 heavy (non-hydrogen) atoms. The predicted octanol–water partition coefficient (Wildman–Crippen LogP) is 4.26. The molecule has 0 aromatic carbocycles. The second-order valence-corrected chi connectivity index (χ2v) is 6.89. The van der Waals surface area contributed by atoms with Crippen LogP contribution in [0.4, 0.5) is 5.82 Å². The minimum absolute atomic E-state index is 0.574. The Labute approximate surface area is 127 Å². The lowest BCUT2D eigenvalue weighted by Gasteiger charge is -2.28. The zero-order valence-electron chi connectivity index (χ0n) is 12.6. The van der Waals surface area contributed by atoms with E-state index in [1.807, 2.05) is 0 Å². The Morgan fingerprint density at radius 3 is 2.75 bits per heavy atom. The first-order valence-corrected chi connectivity index (χ1v) is 8.50. The fourth-order valence-electron chi connectivity index (χ4n) is 4.13. The molecule has 1 heterocycles. The highest BCUT2D eigenvalue weighted by Crippen LogP contribution is 2.48. The van der Waals surface area contributed by atoms with E-state index in [2.05, 4.69) is 31.0 Å². The summed E-state index contributed by atoms with van der Waals surface area (Å²) in [6.45, 7) is 3.31. The molecule has 0 aliphatic heterocycles. The average Bonchev–Trinajstić information content (AvgIpc) is 3.09. The molecule has 3 atom stereocenters. The van der Waals surface area contributed by atoms with Gasteiger partial charge in [0.25, 0.3) is 0 Å². The minimum atomic E-state index is 0.574. The van der Waals surface area contributed by atoms with Crippen LogP contribution in [0.3, 0.4) is 0 Å². The Kier molecular flexibility index (Phi) is 4.21. The summed E-state index contributed by atoms with van der Waals surface area (Å²) >= 11 is 6.01. The molecule has 1 aromatic heterocycles. The first-order valence-electron chi connectivity index (χ1n) is 7.96. The number of nitrogens with zero attached hydrogens (tertiary/aromatic N) is 2. The van der Waals surface area contributed by atoms with Crippen LogP contribution in [-0.4, -0.2) is 18.6 Å². The van der Waals surface area contributed by atoms with E-state index in [4.69, 9.17) is 16.6 Å². The van der Waals surface area contributed by atoms with E-state index in [0.29, 0.717) is 5.88 Å². The smallest absolute Gasteiger partial charge is 0.128 e. The van der Waals surface area contributed by atoms with Crippen molar-refractivity contribution in [2.45, 2.75) is 44.9 Å². The summed E-state index contributed by atoms with van der Waals surface area (Å²) in [5, 5.41) is 0. The van der Waals surface area contributed by atoms with Crippen LogP contribution in [0.25, 0.3) is 0 Å². The van der Waals surface area contributed by atoms with Crippen molar-refractivity contribution in [3.8, 4) is 0 Å². The van der Waals surface area contributed by atoms with Crippen molar-refractivity contribution in [3.63, 3.8) is 0 Å². The summed E-state index contributed by atoms with van der Waals surface area (Å²) < 4.78 is 0. The highest BCUT2D eigenvalue weighted by Gasteiger charge is 2.39. The molecule has 0 amide bonds. The van der Waals surface area contributed by atoms with Gasteiger partial charge in [-0.05, 0) is 61.1 Å². The van der Waals surface area contributed by atoms with Gasteiger partial charge in [-0.25, -0.2) is 4.98 Å². The zero-order chi connectivity index (χ0) is 14.1. The number of alkyl halides is 1. The highest BCUT2D eigenvalue weighted by atomic mass is 35.5. The van der Waals surface area contributed by atoms with Crippen molar-refractivity contribution in [2.75, 3.05) is 18.5 Å². The van der Waals surface area contributed by atoms with Crippen LogP contribution in [0, 0.1) is 17.8 Å². The molecule has 2 fully saturated rings. The van der Waals surface area contributed by atoms with Gasteiger partial charge < -0.3 is 4.90 Å². The molecule has 0 spiro atoms. The van der Waals surface area contributed by atoms with Gasteiger partial charge in [0.2, 0.25) is 0 Å². The largest absolute Gasteiger partial charge is 0.359 e. The molecule has 0 N–H and O–H groups in total. The predicted molar refractivity (Wildman–Crippen MR) is 85.4 cm³/mol. The SMILES string of the molecule is CCc1cc(CCl)cc(N(C)CC2CC3CCC2C3)n1. The molecule has 2 bridgehead atoms. The number of aromatic nitrogens is 1. The van der Waals surface area contributed by atoms with Crippen molar-refractivity contribution < 1.29 is 0 Å². The number of rotatable bonds is 5. The summed E-state index contributed by atoms with van der Waals surface area (Å²) in [5.74, 6) is 4.55. The lowest BCUT2D eigenvalue weighted by molar-refractivity contribution is 0.337. The summed E-state index contributed by atoms with van der Waals surface area (Å²) in [7, 11) is 2.19. The number of fused-ring (bicyclic) bond motifs is 2. The van der Waals surface area contributed by atoms with Crippen LogP contribution in [0.15, 0.2) is 12.1 Å². The van der Waals surface area contributed by atoms with Crippen LogP contribution < -0.4 is 4.90 Å². The molecule has 3 unspecified atom stereocenters. The van der Waals surface area contributed by atoms with Crippen LogP contribution in [0.2, 0.25) is 0 Å². The minimum Gasteiger partial charge on any atom is -0.359 e. The van der Waals surface area contributed by atoms with E-state index in [0.717, 1.165) is 42.2 Å². The fourth-order valence-corrected chi connectivity index (χ4v) is 4.29. The monoisotopic (exact) mass is 292 g/mol. The van der Waals surface area contributed by atoms with E-state index < -0.39 is 0 Å². The maximum absolute atomic E-state index is 6.01. The summed E-state index contributed by atoms with van der Waals surface area (Å²) in [6, 6.07) is 4.28. The van der Waals surface area contributed by atoms with E-state index in [1.54, 1.807) is 0 Å². The van der Waals surface area contributed by atoms with E-state index in [-0.39, 0.29) is 0 Å². The molecule has 110 valence electrons. The summed E-state index contributed by atoms with van der Waals surface area (Å²) in [5.41, 5.74) is 2.34. The van der Waals surface area contributed by atoms with Crippen molar-refractivity contribution in [1.29, 1.82) is 0 Å². The van der Waals surface area contributed by atoms with Crippen molar-refractivity contribution in [2.24, 2.45) is 17.8 Å². The summed E-state index contributed by atoms with van der Waals surface area (Å²) in [6.07, 6.45) is 6.82. The Balaban J connectivity index is 1.71. The van der Waals surface area contributed by atoms with Crippen molar-refractivity contribution >= 4 is 17.4 Å². The second kappa shape index (κ2) is 5.93. The lowest BCUT2D eigenvalue weighted by atomic mass is 9.88. The van der Waals surface area contributed by atoms with Gasteiger partial charge in [-0.15, -0.1) is 11.6 Å². The molecular weight excluding hydrogens is 268 g/mol. The molecule has 3 rings (SSSR count). The molecule has 2 nitrogen and oxygen atoms in total. The lowest BCUT2D eigenvalue weighted by Crippen LogP contribution is -2.29. The van der Waals surface area contributed by atoms with Gasteiger partial charge in [0.1, 0.15) is 5.82 Å². The van der Waals surface area contributed by atoms with Crippen molar-refractivity contribution in [1.82, 2.24) is 4.98 Å². The molecule has 3 heteroatoms. The molecular formula is C17H25ClN2. The van der Waals surface area contributed by atoms with E-state index in [9.17, 15) is 0 Å². The van der Waals surface area contributed by atoms with Crippen molar-refractivity contribution in [3.05, 3.63) is 23.4 Å². The van der Waals surface area contributed by atoms with Crippen LogP contribution in [0.5, 0.6) is 0 Å². The van der Waals surface area contributed by atoms with Gasteiger partial charge in [-0.3, -0.25) is 0 Å². The second-order valence-electron chi connectivity index (χ2n) is 6.63. The Morgan fingerprint density at radius 2 is 2.15 bits per heavy atom. The molecule has 0 radical (unpaired) electrons. The number of hydrogen-bond acceptors (Lipinski definition) is 2. The first-order chi connectivity index (χ1) is 9.69. The Bertz CT molecular complexity index is 452. The molecule has 1 aromatic rings.